The number of Topliss-reactive ketones (excluding diaryl/α,β-unsaturated/α-hetero) is 1. The van der Waals surface area contributed by atoms with Gasteiger partial charge >= 0.3 is 0 Å². The Labute approximate surface area is 116 Å². The van der Waals surface area contributed by atoms with Gasteiger partial charge < -0.3 is 10.1 Å². The summed E-state index contributed by atoms with van der Waals surface area (Å²) in [6, 6.07) is 10.0. The molecule has 2 aromatic rings. The number of hydrogen-bond donors (Lipinski definition) is 1. The van der Waals surface area contributed by atoms with Gasteiger partial charge in [0.1, 0.15) is 5.75 Å². The van der Waals surface area contributed by atoms with E-state index in [4.69, 9.17) is 4.74 Å². The van der Waals surface area contributed by atoms with Crippen LogP contribution in [-0.2, 0) is 11.3 Å². The first-order valence-corrected chi connectivity index (χ1v) is 6.06. The first kappa shape index (κ1) is 13.7. The van der Waals surface area contributed by atoms with E-state index in [0.29, 0.717) is 11.3 Å². The smallest absolute Gasteiger partial charge is 0.292 e. The SMILES string of the molecule is COc1cccc(C(=O)C(=O)NCc2ccncc2)c1. The van der Waals surface area contributed by atoms with E-state index < -0.39 is 11.7 Å². The first-order valence-electron chi connectivity index (χ1n) is 6.06. The van der Waals surface area contributed by atoms with E-state index in [-0.39, 0.29) is 6.54 Å². The average molecular weight is 270 g/mol. The number of carbonyl (C=O) groups is 2. The third kappa shape index (κ3) is 3.41. The number of nitrogens with one attached hydrogen (secondary N) is 1. The van der Waals surface area contributed by atoms with Crippen molar-refractivity contribution >= 4 is 11.7 Å². The van der Waals surface area contributed by atoms with Crippen LogP contribution in [0.15, 0.2) is 48.8 Å². The van der Waals surface area contributed by atoms with E-state index in [2.05, 4.69) is 10.3 Å². The maximum atomic E-state index is 12.0. The first-order chi connectivity index (χ1) is 9.70. The van der Waals surface area contributed by atoms with E-state index >= 15 is 0 Å². The normalized spacial score (nSPS) is 9.85. The molecule has 0 unspecified atom stereocenters. The van der Waals surface area contributed by atoms with Gasteiger partial charge in [0.15, 0.2) is 0 Å². The summed E-state index contributed by atoms with van der Waals surface area (Å²) in [5.41, 5.74) is 1.18. The Balaban J connectivity index is 2.00. The molecule has 0 radical (unpaired) electrons. The van der Waals surface area contributed by atoms with Crippen molar-refractivity contribution in [3.05, 3.63) is 59.9 Å². The number of ether oxygens (including phenoxy) is 1. The molecule has 0 aliphatic rings. The molecule has 20 heavy (non-hydrogen) atoms. The number of ketones is 1. The Bertz CT molecular complexity index is 612. The average Bonchev–Trinajstić information content (AvgIpc) is 2.53. The van der Waals surface area contributed by atoms with Crippen LogP contribution in [-0.4, -0.2) is 23.8 Å². The fraction of sp³-hybridized carbons (Fsp3) is 0.133. The Kier molecular flexibility index (Phi) is 4.44. The predicted molar refractivity (Wildman–Crippen MR) is 73.4 cm³/mol. The molecule has 2 rings (SSSR count). The standard InChI is InChI=1S/C15H14N2O3/c1-20-13-4-2-3-12(9-13)14(18)15(19)17-10-11-5-7-16-8-6-11/h2-9H,10H2,1H3,(H,17,19). The summed E-state index contributed by atoms with van der Waals surface area (Å²) in [6.45, 7) is 0.289. The molecule has 1 amide bonds. The Morgan fingerprint density at radius 3 is 2.65 bits per heavy atom. The molecule has 0 aliphatic heterocycles. The zero-order chi connectivity index (χ0) is 14.4. The predicted octanol–water partition coefficient (Wildman–Crippen LogP) is 1.59. The van der Waals surface area contributed by atoms with Gasteiger partial charge in [0.2, 0.25) is 5.78 Å². The van der Waals surface area contributed by atoms with Crippen LogP contribution in [0.4, 0.5) is 0 Å². The third-order valence-electron chi connectivity index (χ3n) is 2.74. The Morgan fingerprint density at radius 2 is 1.95 bits per heavy atom. The van der Waals surface area contributed by atoms with Gasteiger partial charge in [-0.05, 0) is 29.8 Å². The summed E-state index contributed by atoms with van der Waals surface area (Å²) in [4.78, 5) is 27.6. The van der Waals surface area contributed by atoms with Gasteiger partial charge in [-0.15, -0.1) is 0 Å². The third-order valence-corrected chi connectivity index (χ3v) is 2.74. The number of rotatable bonds is 5. The molecule has 0 saturated carbocycles. The summed E-state index contributed by atoms with van der Waals surface area (Å²) >= 11 is 0. The highest BCUT2D eigenvalue weighted by atomic mass is 16.5. The summed E-state index contributed by atoms with van der Waals surface area (Å²) in [6.07, 6.45) is 3.26. The molecule has 0 aliphatic carbocycles. The van der Waals surface area contributed by atoms with Crippen molar-refractivity contribution < 1.29 is 14.3 Å². The molecule has 1 aromatic heterocycles. The number of aromatic nitrogens is 1. The molecular weight excluding hydrogens is 256 g/mol. The monoisotopic (exact) mass is 270 g/mol. The molecule has 1 N–H and O–H groups in total. The van der Waals surface area contributed by atoms with Crippen LogP contribution in [0.5, 0.6) is 5.75 Å². The molecule has 0 fully saturated rings. The van der Waals surface area contributed by atoms with E-state index in [1.165, 1.54) is 13.2 Å². The lowest BCUT2D eigenvalue weighted by Gasteiger charge is -2.05. The van der Waals surface area contributed by atoms with Crippen molar-refractivity contribution in [3.8, 4) is 5.75 Å². The van der Waals surface area contributed by atoms with E-state index in [1.54, 1.807) is 42.7 Å². The van der Waals surface area contributed by atoms with E-state index in [0.717, 1.165) is 5.56 Å². The van der Waals surface area contributed by atoms with Gasteiger partial charge in [0, 0.05) is 24.5 Å². The minimum atomic E-state index is -0.643. The van der Waals surface area contributed by atoms with Gasteiger partial charge in [0.05, 0.1) is 7.11 Å². The number of benzene rings is 1. The second-order valence-corrected chi connectivity index (χ2v) is 4.10. The lowest BCUT2D eigenvalue weighted by Crippen LogP contribution is -2.30. The Morgan fingerprint density at radius 1 is 1.20 bits per heavy atom. The number of carbonyl (C=O) groups excluding carboxylic acids is 2. The van der Waals surface area contributed by atoms with Crippen molar-refractivity contribution in [1.29, 1.82) is 0 Å². The van der Waals surface area contributed by atoms with Gasteiger partial charge in [-0.1, -0.05) is 12.1 Å². The van der Waals surface area contributed by atoms with Crippen LogP contribution in [0.3, 0.4) is 0 Å². The fourth-order valence-electron chi connectivity index (χ4n) is 1.66. The van der Waals surface area contributed by atoms with E-state index in [9.17, 15) is 9.59 Å². The van der Waals surface area contributed by atoms with Crippen LogP contribution < -0.4 is 10.1 Å². The minimum absolute atomic E-state index is 0.289. The topological polar surface area (TPSA) is 68.3 Å². The maximum absolute atomic E-state index is 12.0. The minimum Gasteiger partial charge on any atom is -0.497 e. The summed E-state index contributed by atoms with van der Waals surface area (Å²) in [5, 5.41) is 2.58. The van der Waals surface area contributed by atoms with Crippen LogP contribution in [0.25, 0.3) is 0 Å². The quantitative estimate of drug-likeness (QED) is 0.661. The van der Waals surface area contributed by atoms with Crippen LogP contribution >= 0.6 is 0 Å². The molecule has 5 nitrogen and oxygen atoms in total. The molecule has 0 bridgehead atoms. The molecule has 0 saturated heterocycles. The Hall–Kier alpha value is -2.69. The lowest BCUT2D eigenvalue weighted by atomic mass is 10.1. The van der Waals surface area contributed by atoms with Crippen LogP contribution in [0.2, 0.25) is 0 Å². The van der Waals surface area contributed by atoms with Crippen molar-refractivity contribution in [1.82, 2.24) is 10.3 Å². The van der Waals surface area contributed by atoms with Crippen molar-refractivity contribution in [2.75, 3.05) is 7.11 Å². The summed E-state index contributed by atoms with van der Waals surface area (Å²) in [5.74, 6) is -0.689. The lowest BCUT2D eigenvalue weighted by molar-refractivity contribution is -0.117. The molecule has 1 aromatic carbocycles. The van der Waals surface area contributed by atoms with Gasteiger partial charge in [-0.2, -0.15) is 0 Å². The van der Waals surface area contributed by atoms with Gasteiger partial charge in [0.25, 0.3) is 5.91 Å². The highest BCUT2D eigenvalue weighted by molar-refractivity contribution is 6.42. The molecular formula is C15H14N2O3. The highest BCUT2D eigenvalue weighted by Gasteiger charge is 2.16. The van der Waals surface area contributed by atoms with Crippen molar-refractivity contribution in [2.24, 2.45) is 0 Å². The molecule has 1 heterocycles. The molecule has 102 valence electrons. The van der Waals surface area contributed by atoms with Crippen LogP contribution in [0.1, 0.15) is 15.9 Å². The zero-order valence-electron chi connectivity index (χ0n) is 11.0. The number of pyridine rings is 1. The van der Waals surface area contributed by atoms with Gasteiger partial charge in [-0.25, -0.2) is 0 Å². The number of nitrogens with zero attached hydrogens (tertiary/aromatic N) is 1. The largest absolute Gasteiger partial charge is 0.497 e. The highest BCUT2D eigenvalue weighted by Crippen LogP contribution is 2.13. The fourth-order valence-corrected chi connectivity index (χ4v) is 1.66. The van der Waals surface area contributed by atoms with Crippen molar-refractivity contribution in [3.63, 3.8) is 0 Å². The second-order valence-electron chi connectivity index (χ2n) is 4.10. The molecule has 5 heteroatoms. The van der Waals surface area contributed by atoms with Crippen molar-refractivity contribution in [2.45, 2.75) is 6.54 Å². The molecule has 0 atom stereocenters. The summed E-state index contributed by atoms with van der Waals surface area (Å²) in [7, 11) is 1.51. The summed E-state index contributed by atoms with van der Waals surface area (Å²) < 4.78 is 5.02. The van der Waals surface area contributed by atoms with Gasteiger partial charge in [-0.3, -0.25) is 14.6 Å². The van der Waals surface area contributed by atoms with Crippen LogP contribution in [0, 0.1) is 0 Å². The van der Waals surface area contributed by atoms with E-state index in [1.807, 2.05) is 0 Å². The number of hydrogen-bond acceptors (Lipinski definition) is 4. The second kappa shape index (κ2) is 6.47. The number of amides is 1. The molecule has 0 spiro atoms. The zero-order valence-corrected chi connectivity index (χ0v) is 11.0. The maximum Gasteiger partial charge on any atom is 0.292 e. The number of methoxy groups -OCH3 is 1.